The van der Waals surface area contributed by atoms with Crippen LogP contribution in [-0.2, 0) is 21.4 Å². The Kier molecular flexibility index (Phi) is 6.19. The highest BCUT2D eigenvalue weighted by Gasteiger charge is 2.19. The molecule has 2 aromatic rings. The van der Waals surface area contributed by atoms with Crippen LogP contribution in [0.4, 0.5) is 0 Å². The number of methoxy groups -OCH3 is 2. The summed E-state index contributed by atoms with van der Waals surface area (Å²) in [4.78, 5) is 23.7. The van der Waals surface area contributed by atoms with Crippen molar-refractivity contribution < 1.29 is 32.2 Å². The number of ether oxygens (including phenoxy) is 3. The van der Waals surface area contributed by atoms with Gasteiger partial charge in [0, 0.05) is 11.1 Å². The van der Waals surface area contributed by atoms with Gasteiger partial charge in [0.2, 0.25) is 10.0 Å². The van der Waals surface area contributed by atoms with Gasteiger partial charge in [0.25, 0.3) is 0 Å². The van der Waals surface area contributed by atoms with Crippen LogP contribution in [0.1, 0.15) is 33.2 Å². The second kappa shape index (κ2) is 8.19. The Bertz CT molecular complexity index is 983. The van der Waals surface area contributed by atoms with Crippen molar-refractivity contribution in [2.75, 3.05) is 14.2 Å². The minimum Gasteiger partial charge on any atom is -0.496 e. The SMILES string of the molecule is COc1ccc(C(C)=O)cc1COC(=O)c1cc(S(N)(=O)=O)ccc1OC. The molecule has 8 nitrogen and oxygen atoms in total. The summed E-state index contributed by atoms with van der Waals surface area (Å²) < 4.78 is 38.6. The Morgan fingerprint density at radius 2 is 1.63 bits per heavy atom. The van der Waals surface area contributed by atoms with Crippen LogP contribution in [0.25, 0.3) is 0 Å². The zero-order chi connectivity index (χ0) is 20.2. The lowest BCUT2D eigenvalue weighted by atomic mass is 10.1. The average Bonchev–Trinajstić information content (AvgIpc) is 2.64. The average molecular weight is 393 g/mol. The molecule has 2 N–H and O–H groups in total. The maximum absolute atomic E-state index is 12.4. The predicted molar refractivity (Wildman–Crippen MR) is 96.5 cm³/mol. The van der Waals surface area contributed by atoms with Crippen molar-refractivity contribution in [1.29, 1.82) is 0 Å². The van der Waals surface area contributed by atoms with E-state index in [4.69, 9.17) is 19.3 Å². The first kappa shape index (κ1) is 20.4. The van der Waals surface area contributed by atoms with Crippen molar-refractivity contribution in [2.24, 2.45) is 5.14 Å². The van der Waals surface area contributed by atoms with Crippen LogP contribution in [0.5, 0.6) is 11.5 Å². The van der Waals surface area contributed by atoms with Gasteiger partial charge < -0.3 is 14.2 Å². The van der Waals surface area contributed by atoms with Crippen LogP contribution in [0, 0.1) is 0 Å². The molecule has 0 aromatic heterocycles. The molecule has 0 unspecified atom stereocenters. The molecule has 0 heterocycles. The number of hydrogen-bond acceptors (Lipinski definition) is 7. The lowest BCUT2D eigenvalue weighted by Crippen LogP contribution is -2.14. The molecule has 0 aliphatic rings. The fourth-order valence-corrected chi connectivity index (χ4v) is 2.89. The first-order chi connectivity index (χ1) is 12.7. The molecular weight excluding hydrogens is 374 g/mol. The van der Waals surface area contributed by atoms with Crippen molar-refractivity contribution >= 4 is 21.8 Å². The summed E-state index contributed by atoms with van der Waals surface area (Å²) >= 11 is 0. The number of esters is 1. The van der Waals surface area contributed by atoms with Gasteiger partial charge in [-0.15, -0.1) is 0 Å². The Hall–Kier alpha value is -2.91. The van der Waals surface area contributed by atoms with Crippen molar-refractivity contribution in [3.05, 3.63) is 53.1 Å². The van der Waals surface area contributed by atoms with Gasteiger partial charge in [-0.25, -0.2) is 18.4 Å². The van der Waals surface area contributed by atoms with Crippen molar-refractivity contribution in [2.45, 2.75) is 18.4 Å². The standard InChI is InChI=1S/C18H19NO7S/c1-11(20)12-4-6-16(24-2)13(8-12)10-26-18(21)15-9-14(27(19,22)23)5-7-17(15)25-3/h4-9H,10H2,1-3H3,(H2,19,22,23). The minimum absolute atomic E-state index is 0.0919. The van der Waals surface area contributed by atoms with Crippen molar-refractivity contribution in [3.8, 4) is 11.5 Å². The van der Waals surface area contributed by atoms with E-state index in [0.29, 0.717) is 16.9 Å². The Balaban J connectivity index is 2.31. The Morgan fingerprint density at radius 3 is 2.19 bits per heavy atom. The molecule has 0 spiro atoms. The largest absolute Gasteiger partial charge is 0.496 e. The number of carbonyl (C=O) groups is 2. The summed E-state index contributed by atoms with van der Waals surface area (Å²) in [5.74, 6) is -0.379. The van der Waals surface area contributed by atoms with Crippen LogP contribution in [0.15, 0.2) is 41.3 Å². The zero-order valence-electron chi connectivity index (χ0n) is 15.0. The van der Waals surface area contributed by atoms with E-state index in [1.165, 1.54) is 33.3 Å². The molecule has 0 bridgehead atoms. The fraction of sp³-hybridized carbons (Fsp3) is 0.222. The van der Waals surface area contributed by atoms with Gasteiger partial charge in [-0.3, -0.25) is 4.79 Å². The maximum Gasteiger partial charge on any atom is 0.342 e. The van der Waals surface area contributed by atoms with Gasteiger partial charge in [-0.05, 0) is 43.3 Å². The lowest BCUT2D eigenvalue weighted by Gasteiger charge is -2.12. The summed E-state index contributed by atoms with van der Waals surface area (Å²) in [6.45, 7) is 1.23. The molecule has 0 amide bonds. The number of nitrogens with two attached hydrogens (primary N) is 1. The van der Waals surface area contributed by atoms with E-state index >= 15 is 0 Å². The summed E-state index contributed by atoms with van der Waals surface area (Å²) in [5, 5.41) is 5.10. The zero-order valence-corrected chi connectivity index (χ0v) is 15.8. The fourth-order valence-electron chi connectivity index (χ4n) is 2.36. The highest BCUT2D eigenvalue weighted by molar-refractivity contribution is 7.89. The first-order valence-corrected chi connectivity index (χ1v) is 9.27. The van der Waals surface area contributed by atoms with Gasteiger partial charge in [-0.1, -0.05) is 0 Å². The quantitative estimate of drug-likeness (QED) is 0.563. The third kappa shape index (κ3) is 4.83. The molecule has 2 rings (SSSR count). The van der Waals surface area contributed by atoms with Gasteiger partial charge in [-0.2, -0.15) is 0 Å². The van der Waals surface area contributed by atoms with E-state index in [0.717, 1.165) is 6.07 Å². The van der Waals surface area contributed by atoms with Gasteiger partial charge in [0.15, 0.2) is 5.78 Å². The number of Topliss-reactive ketones (excluding diaryl/α,β-unsaturated/α-hetero) is 1. The second-order valence-corrected chi connectivity index (χ2v) is 7.13. The van der Waals surface area contributed by atoms with Gasteiger partial charge >= 0.3 is 5.97 Å². The van der Waals surface area contributed by atoms with Crippen LogP contribution in [0.3, 0.4) is 0 Å². The van der Waals surface area contributed by atoms with Crippen molar-refractivity contribution in [3.63, 3.8) is 0 Å². The molecule has 0 radical (unpaired) electrons. The van der Waals surface area contributed by atoms with E-state index in [9.17, 15) is 18.0 Å². The lowest BCUT2D eigenvalue weighted by molar-refractivity contribution is 0.0466. The normalized spacial score (nSPS) is 11.0. The number of carbonyl (C=O) groups excluding carboxylic acids is 2. The molecule has 27 heavy (non-hydrogen) atoms. The van der Waals surface area contributed by atoms with Gasteiger partial charge in [0.1, 0.15) is 23.7 Å². The monoisotopic (exact) mass is 393 g/mol. The number of rotatable bonds is 7. The van der Waals surface area contributed by atoms with E-state index < -0.39 is 16.0 Å². The molecule has 9 heteroatoms. The van der Waals surface area contributed by atoms with E-state index in [1.807, 2.05) is 0 Å². The van der Waals surface area contributed by atoms with E-state index in [-0.39, 0.29) is 28.6 Å². The molecule has 144 valence electrons. The summed E-state index contributed by atoms with van der Waals surface area (Å²) in [6, 6.07) is 8.39. The highest BCUT2D eigenvalue weighted by Crippen LogP contribution is 2.25. The highest BCUT2D eigenvalue weighted by atomic mass is 32.2. The molecule has 0 atom stereocenters. The van der Waals surface area contributed by atoms with Crippen LogP contribution in [0.2, 0.25) is 0 Å². The Labute approximate surface area is 156 Å². The van der Waals surface area contributed by atoms with Gasteiger partial charge in [0.05, 0.1) is 19.1 Å². The summed E-state index contributed by atoms with van der Waals surface area (Å²) in [6.07, 6.45) is 0. The van der Waals surface area contributed by atoms with Crippen LogP contribution >= 0.6 is 0 Å². The molecule has 0 saturated heterocycles. The van der Waals surface area contributed by atoms with Crippen LogP contribution < -0.4 is 14.6 Å². The molecule has 2 aromatic carbocycles. The summed E-state index contributed by atoms with van der Waals surface area (Å²) in [7, 11) is -1.21. The van der Waals surface area contributed by atoms with E-state index in [2.05, 4.69) is 0 Å². The van der Waals surface area contributed by atoms with Crippen LogP contribution in [-0.4, -0.2) is 34.4 Å². The third-order valence-corrected chi connectivity index (χ3v) is 4.68. The van der Waals surface area contributed by atoms with E-state index in [1.54, 1.807) is 18.2 Å². The Morgan fingerprint density at radius 1 is 1.00 bits per heavy atom. The molecule has 0 aliphatic carbocycles. The number of benzene rings is 2. The first-order valence-electron chi connectivity index (χ1n) is 7.73. The molecule has 0 fully saturated rings. The number of ketones is 1. The minimum atomic E-state index is -4.00. The molecule has 0 saturated carbocycles. The predicted octanol–water partition coefficient (Wildman–Crippen LogP) is 1.91. The number of sulfonamides is 1. The number of primary sulfonamides is 1. The molecule has 0 aliphatic heterocycles. The topological polar surface area (TPSA) is 122 Å². The smallest absolute Gasteiger partial charge is 0.342 e. The maximum atomic E-state index is 12.4. The third-order valence-electron chi connectivity index (χ3n) is 3.77. The second-order valence-electron chi connectivity index (χ2n) is 5.57. The number of hydrogen-bond donors (Lipinski definition) is 1. The van der Waals surface area contributed by atoms with Crippen molar-refractivity contribution in [1.82, 2.24) is 0 Å². The summed E-state index contributed by atoms with van der Waals surface area (Å²) in [5.41, 5.74) is 0.835. The molecular formula is C18H19NO7S.